The largest absolute Gasteiger partial charge is 0.325 e. The first-order chi connectivity index (χ1) is 16.6. The fraction of sp³-hybridized carbons (Fsp3) is 0.280. The van der Waals surface area contributed by atoms with E-state index >= 15 is 0 Å². The molecule has 2 atom stereocenters. The molecule has 2 unspecified atom stereocenters. The van der Waals surface area contributed by atoms with Gasteiger partial charge in [-0.2, -0.15) is 0 Å². The van der Waals surface area contributed by atoms with E-state index in [4.69, 9.17) is 0 Å². The summed E-state index contributed by atoms with van der Waals surface area (Å²) in [6.45, 7) is 5.41. The molecule has 0 radical (unpaired) electrons. The first-order valence-corrected chi connectivity index (χ1v) is 12.7. The summed E-state index contributed by atoms with van der Waals surface area (Å²) in [5.41, 5.74) is 1.17. The van der Waals surface area contributed by atoms with Gasteiger partial charge in [-0.05, 0) is 43.3 Å². The number of amides is 3. The molecule has 0 spiro atoms. The van der Waals surface area contributed by atoms with Gasteiger partial charge in [-0.3, -0.25) is 23.7 Å². The molecular formula is C25H22FN3O4S2. The van der Waals surface area contributed by atoms with Crippen LogP contribution in [0.1, 0.15) is 24.3 Å². The van der Waals surface area contributed by atoms with Crippen molar-refractivity contribution in [3.8, 4) is 0 Å². The number of anilines is 2. The third-order valence-electron chi connectivity index (χ3n) is 6.43. The minimum Gasteiger partial charge on any atom is -0.325 e. The average molecular weight is 512 g/mol. The Labute approximate surface area is 208 Å². The Kier molecular flexibility index (Phi) is 5.68. The maximum absolute atomic E-state index is 13.5. The molecule has 180 valence electrons. The van der Waals surface area contributed by atoms with Gasteiger partial charge in [-0.1, -0.05) is 54.6 Å². The Morgan fingerprint density at radius 1 is 1.03 bits per heavy atom. The zero-order valence-electron chi connectivity index (χ0n) is 19.2. The van der Waals surface area contributed by atoms with Crippen molar-refractivity contribution in [2.75, 3.05) is 10.2 Å². The maximum Gasteiger partial charge on any atom is 0.308 e. The standard InChI is InChI=1S/C25H22FN3O4S2/c1-13-4-10-16(11-5-13)29-21(31)18-19(22(29)32)34-23-20(25(18,2)3)35-24(33)28(23)12-17(30)27-15-8-6-14(26)7-9-15/h4-11,18-19H,12H2,1-3H3,(H,27,30). The van der Waals surface area contributed by atoms with E-state index in [1.165, 1.54) is 45.5 Å². The highest BCUT2D eigenvalue weighted by Gasteiger charge is 2.59. The second-order valence-electron chi connectivity index (χ2n) is 9.23. The number of rotatable bonds is 4. The van der Waals surface area contributed by atoms with Gasteiger partial charge in [0.25, 0.3) is 0 Å². The molecule has 7 nitrogen and oxygen atoms in total. The maximum atomic E-state index is 13.5. The molecule has 1 fully saturated rings. The van der Waals surface area contributed by atoms with Crippen molar-refractivity contribution in [1.82, 2.24) is 4.57 Å². The molecule has 1 N–H and O–H groups in total. The zero-order valence-corrected chi connectivity index (χ0v) is 20.8. The molecule has 1 aromatic heterocycles. The fourth-order valence-electron chi connectivity index (χ4n) is 4.59. The number of imide groups is 1. The molecule has 0 bridgehead atoms. The monoisotopic (exact) mass is 511 g/mol. The number of aryl methyl sites for hydroxylation is 1. The molecule has 2 aliphatic heterocycles. The SMILES string of the molecule is Cc1ccc(N2C(=O)C3Sc4c(sc(=O)n4CC(=O)Nc4ccc(F)cc4)C(C)(C)C3C2=O)cc1. The number of aromatic nitrogens is 1. The predicted octanol–water partition coefficient (Wildman–Crippen LogP) is 3.94. The number of thiazole rings is 1. The van der Waals surface area contributed by atoms with Gasteiger partial charge in [0, 0.05) is 16.0 Å². The van der Waals surface area contributed by atoms with Crippen molar-refractivity contribution < 1.29 is 18.8 Å². The highest BCUT2D eigenvalue weighted by Crippen LogP contribution is 2.54. The number of carbonyl (C=O) groups excluding carboxylic acids is 3. The van der Waals surface area contributed by atoms with Crippen LogP contribution < -0.4 is 15.1 Å². The van der Waals surface area contributed by atoms with Gasteiger partial charge >= 0.3 is 4.87 Å². The lowest BCUT2D eigenvalue weighted by Gasteiger charge is -2.36. The molecule has 0 saturated carbocycles. The number of nitrogens with zero attached hydrogens (tertiary/aromatic N) is 2. The molecule has 3 heterocycles. The topological polar surface area (TPSA) is 88.5 Å². The highest BCUT2D eigenvalue weighted by molar-refractivity contribution is 8.00. The molecule has 1 saturated heterocycles. The van der Waals surface area contributed by atoms with Crippen LogP contribution in [0.3, 0.4) is 0 Å². The summed E-state index contributed by atoms with van der Waals surface area (Å²) in [7, 11) is 0. The van der Waals surface area contributed by atoms with Crippen LogP contribution in [0.25, 0.3) is 0 Å². The number of fused-ring (bicyclic) bond motifs is 2. The van der Waals surface area contributed by atoms with E-state index in [2.05, 4.69) is 5.32 Å². The van der Waals surface area contributed by atoms with E-state index in [0.29, 0.717) is 21.3 Å². The Bertz CT molecular complexity index is 1410. The number of thioether (sulfide) groups is 1. The molecule has 3 aromatic rings. The van der Waals surface area contributed by atoms with Crippen molar-refractivity contribution in [2.24, 2.45) is 5.92 Å². The van der Waals surface area contributed by atoms with E-state index in [0.717, 1.165) is 16.9 Å². The summed E-state index contributed by atoms with van der Waals surface area (Å²) in [5, 5.41) is 2.49. The quantitative estimate of drug-likeness (QED) is 0.536. The van der Waals surface area contributed by atoms with E-state index in [9.17, 15) is 23.6 Å². The molecule has 0 aliphatic carbocycles. The summed E-state index contributed by atoms with van der Waals surface area (Å²) >= 11 is 2.17. The second kappa shape index (κ2) is 8.46. The summed E-state index contributed by atoms with van der Waals surface area (Å²) < 4.78 is 14.5. The first kappa shape index (κ1) is 23.5. The van der Waals surface area contributed by atoms with Gasteiger partial charge in [0.05, 0.1) is 16.6 Å². The van der Waals surface area contributed by atoms with Gasteiger partial charge < -0.3 is 5.32 Å². The number of hydrogen-bond donors (Lipinski definition) is 1. The molecule has 2 aliphatic rings. The van der Waals surface area contributed by atoms with Gasteiger partial charge in [-0.15, -0.1) is 0 Å². The van der Waals surface area contributed by atoms with E-state index in [1.807, 2.05) is 32.9 Å². The van der Waals surface area contributed by atoms with Crippen LogP contribution >= 0.6 is 23.1 Å². The van der Waals surface area contributed by atoms with Crippen LogP contribution in [0.4, 0.5) is 15.8 Å². The summed E-state index contributed by atoms with van der Waals surface area (Å²) in [6, 6.07) is 12.5. The number of hydrogen-bond acceptors (Lipinski definition) is 6. The Hall–Kier alpha value is -3.24. The minimum atomic E-state index is -0.778. The van der Waals surface area contributed by atoms with Gasteiger partial charge in [0.15, 0.2) is 0 Å². The Morgan fingerprint density at radius 2 is 1.69 bits per heavy atom. The Morgan fingerprint density at radius 3 is 2.34 bits per heavy atom. The van der Waals surface area contributed by atoms with E-state index in [1.54, 1.807) is 12.1 Å². The lowest BCUT2D eigenvalue weighted by molar-refractivity contribution is -0.123. The third kappa shape index (κ3) is 3.90. The van der Waals surface area contributed by atoms with Crippen LogP contribution in [0, 0.1) is 18.7 Å². The van der Waals surface area contributed by atoms with Gasteiger partial charge in [-0.25, -0.2) is 9.29 Å². The molecule has 5 rings (SSSR count). The predicted molar refractivity (Wildman–Crippen MR) is 133 cm³/mol. The normalized spacial score (nSPS) is 20.5. The van der Waals surface area contributed by atoms with Crippen LogP contribution in [0.2, 0.25) is 0 Å². The summed E-state index contributed by atoms with van der Waals surface area (Å²) in [4.78, 5) is 54.1. The van der Waals surface area contributed by atoms with Crippen LogP contribution in [-0.2, 0) is 26.3 Å². The number of benzene rings is 2. The lowest BCUT2D eigenvalue weighted by atomic mass is 9.76. The molecule has 3 amide bonds. The van der Waals surface area contributed by atoms with Gasteiger partial charge in [0.1, 0.15) is 17.6 Å². The zero-order chi connectivity index (χ0) is 25.1. The van der Waals surface area contributed by atoms with Crippen molar-refractivity contribution in [3.05, 3.63) is 74.5 Å². The second-order valence-corrected chi connectivity index (χ2v) is 11.3. The smallest absolute Gasteiger partial charge is 0.308 e. The van der Waals surface area contributed by atoms with Crippen molar-refractivity contribution in [3.63, 3.8) is 0 Å². The molecule has 10 heteroatoms. The van der Waals surface area contributed by atoms with Crippen molar-refractivity contribution in [2.45, 2.75) is 43.0 Å². The lowest BCUT2D eigenvalue weighted by Crippen LogP contribution is -2.41. The summed E-state index contributed by atoms with van der Waals surface area (Å²) in [6.07, 6.45) is 0. The number of halogens is 1. The first-order valence-electron chi connectivity index (χ1n) is 11.0. The third-order valence-corrected chi connectivity index (χ3v) is 9.25. The van der Waals surface area contributed by atoms with Crippen LogP contribution in [0.5, 0.6) is 0 Å². The van der Waals surface area contributed by atoms with E-state index < -0.39 is 28.3 Å². The summed E-state index contributed by atoms with van der Waals surface area (Å²) in [5.74, 6) is -2.11. The number of carbonyl (C=O) groups is 3. The number of nitrogens with one attached hydrogen (secondary N) is 1. The molecule has 35 heavy (non-hydrogen) atoms. The minimum absolute atomic E-state index is 0.258. The Balaban J connectivity index is 1.46. The fourth-order valence-corrected chi connectivity index (χ4v) is 7.63. The van der Waals surface area contributed by atoms with E-state index in [-0.39, 0.29) is 23.2 Å². The molecule has 2 aromatic carbocycles. The van der Waals surface area contributed by atoms with Crippen LogP contribution in [-0.4, -0.2) is 27.5 Å². The highest BCUT2D eigenvalue weighted by atomic mass is 32.2. The van der Waals surface area contributed by atoms with Crippen molar-refractivity contribution >= 4 is 52.2 Å². The van der Waals surface area contributed by atoms with Gasteiger partial charge in [0.2, 0.25) is 17.7 Å². The van der Waals surface area contributed by atoms with Crippen molar-refractivity contribution in [1.29, 1.82) is 0 Å². The average Bonchev–Trinajstić information content (AvgIpc) is 3.25. The molecular weight excluding hydrogens is 489 g/mol. The van der Waals surface area contributed by atoms with Crippen LogP contribution in [0.15, 0.2) is 58.4 Å².